The Morgan fingerprint density at radius 1 is 1.06 bits per heavy atom. The summed E-state index contributed by atoms with van der Waals surface area (Å²) < 4.78 is 3.97. The lowest BCUT2D eigenvalue weighted by Gasteiger charge is -2.00. The van der Waals surface area contributed by atoms with Crippen molar-refractivity contribution in [1.82, 2.24) is 9.13 Å². The Morgan fingerprint density at radius 3 is 2.35 bits per heavy atom. The van der Waals surface area contributed by atoms with Crippen LogP contribution in [0.3, 0.4) is 0 Å². The van der Waals surface area contributed by atoms with E-state index < -0.39 is 0 Å². The lowest BCUT2D eigenvalue weighted by atomic mass is 10.2. The normalized spacial score (nSPS) is 11.0. The van der Waals surface area contributed by atoms with Crippen LogP contribution in [-0.4, -0.2) is 22.4 Å². The molecule has 0 N–H and O–H groups in total. The molecule has 1 aromatic carbocycles. The number of imidazole rings is 1. The Labute approximate surface area is 101 Å². The first-order chi connectivity index (χ1) is 8.22. The van der Waals surface area contributed by atoms with Gasteiger partial charge in [-0.2, -0.15) is 0 Å². The van der Waals surface area contributed by atoms with Gasteiger partial charge in [0.2, 0.25) is 5.62 Å². The van der Waals surface area contributed by atoms with Crippen molar-refractivity contribution in [3.8, 4) is 0 Å². The molecular weight excluding hydrogens is 212 g/mol. The molecular formula is C13H16N4. The molecule has 0 spiro atoms. The van der Waals surface area contributed by atoms with E-state index in [0.717, 1.165) is 16.9 Å². The van der Waals surface area contributed by atoms with Crippen LogP contribution in [0.1, 0.15) is 5.56 Å². The summed E-state index contributed by atoms with van der Waals surface area (Å²) >= 11 is 0. The molecule has 0 aliphatic carbocycles. The first-order valence-corrected chi connectivity index (χ1v) is 5.46. The molecule has 0 saturated heterocycles. The van der Waals surface area contributed by atoms with Gasteiger partial charge in [-0.25, -0.2) is 4.99 Å². The monoisotopic (exact) mass is 228 g/mol. The van der Waals surface area contributed by atoms with Gasteiger partial charge in [0.1, 0.15) is 0 Å². The van der Waals surface area contributed by atoms with Crippen molar-refractivity contribution in [2.24, 2.45) is 24.1 Å². The van der Waals surface area contributed by atoms with Crippen LogP contribution in [-0.2, 0) is 14.1 Å². The average Bonchev–Trinajstić information content (AvgIpc) is 2.64. The van der Waals surface area contributed by atoms with Crippen LogP contribution in [0.2, 0.25) is 0 Å². The number of hydrogen-bond acceptors (Lipinski definition) is 2. The molecule has 2 aromatic rings. The van der Waals surface area contributed by atoms with Gasteiger partial charge in [-0.05, 0) is 6.07 Å². The topological polar surface area (TPSA) is 34.6 Å². The third-order valence-electron chi connectivity index (χ3n) is 2.57. The van der Waals surface area contributed by atoms with Gasteiger partial charge < -0.3 is 9.13 Å². The predicted octanol–water partition coefficient (Wildman–Crippen LogP) is 1.64. The van der Waals surface area contributed by atoms with Crippen molar-refractivity contribution in [1.29, 1.82) is 0 Å². The van der Waals surface area contributed by atoms with Gasteiger partial charge in [0.05, 0.1) is 5.69 Å². The summed E-state index contributed by atoms with van der Waals surface area (Å²) in [5.41, 5.74) is 2.86. The molecule has 0 unspecified atom stereocenters. The smallest absolute Gasteiger partial charge is 0.209 e. The molecule has 0 bridgehead atoms. The zero-order chi connectivity index (χ0) is 12.3. The van der Waals surface area contributed by atoms with E-state index >= 15 is 0 Å². The summed E-state index contributed by atoms with van der Waals surface area (Å²) in [6.07, 6.45) is 5.78. The maximum atomic E-state index is 4.65. The quantitative estimate of drug-likeness (QED) is 0.701. The molecule has 0 aliphatic heterocycles. The first kappa shape index (κ1) is 11.4. The van der Waals surface area contributed by atoms with Crippen LogP contribution in [0.5, 0.6) is 0 Å². The number of hydrogen-bond donors (Lipinski definition) is 0. The largest absolute Gasteiger partial charge is 0.320 e. The van der Waals surface area contributed by atoms with Gasteiger partial charge in [0.15, 0.2) is 0 Å². The minimum Gasteiger partial charge on any atom is -0.320 e. The summed E-state index contributed by atoms with van der Waals surface area (Å²) in [5.74, 6) is 0. The highest BCUT2D eigenvalue weighted by atomic mass is 15.2. The summed E-state index contributed by atoms with van der Waals surface area (Å²) in [6.45, 7) is 0. The molecule has 4 nitrogen and oxygen atoms in total. The fourth-order valence-electron chi connectivity index (χ4n) is 1.69. The Morgan fingerprint density at radius 2 is 1.71 bits per heavy atom. The highest BCUT2D eigenvalue weighted by Crippen LogP contribution is 2.15. The molecule has 1 heterocycles. The number of aryl methyl sites for hydroxylation is 2. The van der Waals surface area contributed by atoms with Crippen molar-refractivity contribution in [2.45, 2.75) is 0 Å². The van der Waals surface area contributed by atoms with Gasteiger partial charge in [0, 0.05) is 45.3 Å². The SMILES string of the molecule is CN=Cc1ccccc1N=c1n(C)ccn1C. The second-order valence-electron chi connectivity index (χ2n) is 3.88. The van der Waals surface area contributed by atoms with Crippen molar-refractivity contribution in [3.05, 3.63) is 47.8 Å². The molecule has 0 fully saturated rings. The van der Waals surface area contributed by atoms with E-state index in [1.165, 1.54) is 0 Å². The second kappa shape index (κ2) is 4.82. The van der Waals surface area contributed by atoms with Crippen LogP contribution in [0.15, 0.2) is 46.6 Å². The van der Waals surface area contributed by atoms with E-state index in [1.807, 2.05) is 66.1 Å². The third kappa shape index (κ3) is 2.36. The van der Waals surface area contributed by atoms with E-state index in [1.54, 1.807) is 7.05 Å². The molecule has 88 valence electrons. The third-order valence-corrected chi connectivity index (χ3v) is 2.57. The second-order valence-corrected chi connectivity index (χ2v) is 3.88. The van der Waals surface area contributed by atoms with Gasteiger partial charge in [0.25, 0.3) is 0 Å². The Hall–Kier alpha value is -2.10. The molecule has 17 heavy (non-hydrogen) atoms. The Balaban J connectivity index is 2.60. The summed E-state index contributed by atoms with van der Waals surface area (Å²) in [4.78, 5) is 8.70. The van der Waals surface area contributed by atoms with E-state index in [9.17, 15) is 0 Å². The molecule has 4 heteroatoms. The standard InChI is InChI=1S/C13H16N4/c1-14-10-11-6-4-5-7-12(11)15-13-16(2)8-9-17(13)3/h4-10H,1-3H3. The lowest BCUT2D eigenvalue weighted by Crippen LogP contribution is -2.21. The molecule has 2 rings (SSSR count). The summed E-state index contributed by atoms with van der Waals surface area (Å²) in [6, 6.07) is 7.97. The minimum absolute atomic E-state index is 0.905. The van der Waals surface area contributed by atoms with Crippen LogP contribution in [0.4, 0.5) is 5.69 Å². The molecule has 1 aromatic heterocycles. The molecule has 0 saturated carbocycles. The zero-order valence-electron chi connectivity index (χ0n) is 10.3. The van der Waals surface area contributed by atoms with Crippen LogP contribution in [0, 0.1) is 0 Å². The fourth-order valence-corrected chi connectivity index (χ4v) is 1.69. The Bertz CT molecular complexity index is 579. The molecule has 0 radical (unpaired) electrons. The lowest BCUT2D eigenvalue weighted by molar-refractivity contribution is 0.745. The number of para-hydroxylation sites is 1. The van der Waals surface area contributed by atoms with Crippen molar-refractivity contribution in [3.63, 3.8) is 0 Å². The van der Waals surface area contributed by atoms with Gasteiger partial charge in [-0.3, -0.25) is 4.99 Å². The molecule has 0 atom stereocenters. The Kier molecular flexibility index (Phi) is 3.23. The van der Waals surface area contributed by atoms with Gasteiger partial charge in [-0.1, -0.05) is 18.2 Å². The van der Waals surface area contributed by atoms with E-state index in [2.05, 4.69) is 9.98 Å². The van der Waals surface area contributed by atoms with Crippen LogP contribution >= 0.6 is 0 Å². The van der Waals surface area contributed by atoms with E-state index in [0.29, 0.717) is 0 Å². The maximum absolute atomic E-state index is 4.65. The average molecular weight is 228 g/mol. The predicted molar refractivity (Wildman–Crippen MR) is 69.6 cm³/mol. The van der Waals surface area contributed by atoms with Gasteiger partial charge in [-0.15, -0.1) is 0 Å². The number of benzene rings is 1. The first-order valence-electron chi connectivity index (χ1n) is 5.46. The van der Waals surface area contributed by atoms with Crippen molar-refractivity contribution < 1.29 is 0 Å². The van der Waals surface area contributed by atoms with Crippen molar-refractivity contribution in [2.75, 3.05) is 7.05 Å². The fraction of sp³-hybridized carbons (Fsp3) is 0.231. The summed E-state index contributed by atoms with van der Waals surface area (Å²) in [5, 5.41) is 0. The molecule has 0 amide bonds. The van der Waals surface area contributed by atoms with Crippen molar-refractivity contribution >= 4 is 11.9 Å². The van der Waals surface area contributed by atoms with Gasteiger partial charge >= 0.3 is 0 Å². The minimum atomic E-state index is 0.905. The van der Waals surface area contributed by atoms with E-state index in [4.69, 9.17) is 0 Å². The summed E-state index contributed by atoms with van der Waals surface area (Å²) in [7, 11) is 5.73. The number of aliphatic imine (C=N–C) groups is 1. The number of aromatic nitrogens is 2. The number of rotatable bonds is 2. The maximum Gasteiger partial charge on any atom is 0.209 e. The number of nitrogens with zero attached hydrogens (tertiary/aromatic N) is 4. The highest BCUT2D eigenvalue weighted by molar-refractivity contribution is 5.86. The van der Waals surface area contributed by atoms with Crippen LogP contribution < -0.4 is 5.62 Å². The molecule has 0 aliphatic rings. The van der Waals surface area contributed by atoms with E-state index in [-0.39, 0.29) is 0 Å². The highest BCUT2D eigenvalue weighted by Gasteiger charge is 1.98. The van der Waals surface area contributed by atoms with Crippen LogP contribution in [0.25, 0.3) is 0 Å². The zero-order valence-corrected chi connectivity index (χ0v) is 10.3.